The topological polar surface area (TPSA) is 21.3 Å². The van der Waals surface area contributed by atoms with Crippen LogP contribution in [0.1, 0.15) is 13.3 Å². The summed E-state index contributed by atoms with van der Waals surface area (Å²) in [6, 6.07) is 7.55. The highest BCUT2D eigenvalue weighted by atomic mass is 35.5. The standard InChI is InChI=1S/C9H12ClNO/c1-2-6-12-9-5-3-4-8(7-9)11-10/h3-5,7,11H,2,6H2,1H3. The maximum Gasteiger partial charge on any atom is 0.121 e. The summed E-state index contributed by atoms with van der Waals surface area (Å²) >= 11 is 5.43. The molecule has 0 bridgehead atoms. The first-order chi connectivity index (χ1) is 5.86. The number of benzene rings is 1. The summed E-state index contributed by atoms with van der Waals surface area (Å²) in [6.45, 7) is 2.81. The van der Waals surface area contributed by atoms with Gasteiger partial charge in [0, 0.05) is 17.8 Å². The fourth-order valence-electron chi connectivity index (χ4n) is 0.865. The predicted octanol–water partition coefficient (Wildman–Crippen LogP) is 3.04. The van der Waals surface area contributed by atoms with Crippen molar-refractivity contribution in [1.82, 2.24) is 0 Å². The van der Waals surface area contributed by atoms with Gasteiger partial charge in [0.05, 0.1) is 12.3 Å². The molecule has 0 spiro atoms. The molecule has 0 atom stereocenters. The quantitative estimate of drug-likeness (QED) is 0.729. The van der Waals surface area contributed by atoms with Crippen LogP contribution in [0.2, 0.25) is 0 Å². The van der Waals surface area contributed by atoms with E-state index in [-0.39, 0.29) is 0 Å². The van der Waals surface area contributed by atoms with Gasteiger partial charge >= 0.3 is 0 Å². The lowest BCUT2D eigenvalue weighted by molar-refractivity contribution is 0.317. The number of ether oxygens (including phenoxy) is 1. The van der Waals surface area contributed by atoms with Crippen LogP contribution in [0.5, 0.6) is 5.75 Å². The van der Waals surface area contributed by atoms with E-state index in [0.29, 0.717) is 0 Å². The molecule has 3 heteroatoms. The monoisotopic (exact) mass is 185 g/mol. The van der Waals surface area contributed by atoms with Gasteiger partial charge in [-0.2, -0.15) is 0 Å². The van der Waals surface area contributed by atoms with Crippen molar-refractivity contribution in [3.8, 4) is 5.75 Å². The first-order valence-corrected chi connectivity index (χ1v) is 4.34. The van der Waals surface area contributed by atoms with Gasteiger partial charge in [-0.05, 0) is 18.6 Å². The van der Waals surface area contributed by atoms with Gasteiger partial charge in [0.15, 0.2) is 0 Å². The average Bonchev–Trinajstić information content (AvgIpc) is 2.15. The molecule has 0 aliphatic heterocycles. The molecule has 0 unspecified atom stereocenters. The van der Waals surface area contributed by atoms with E-state index in [1.807, 2.05) is 24.3 Å². The molecule has 66 valence electrons. The van der Waals surface area contributed by atoms with E-state index in [0.717, 1.165) is 24.5 Å². The number of anilines is 1. The van der Waals surface area contributed by atoms with E-state index in [2.05, 4.69) is 11.8 Å². The lowest BCUT2D eigenvalue weighted by Crippen LogP contribution is -1.94. The van der Waals surface area contributed by atoms with Gasteiger partial charge in [0.2, 0.25) is 0 Å². The van der Waals surface area contributed by atoms with Gasteiger partial charge in [0.25, 0.3) is 0 Å². The van der Waals surface area contributed by atoms with E-state index in [9.17, 15) is 0 Å². The Labute approximate surface area is 77.6 Å². The number of hydrogen-bond donors (Lipinski definition) is 1. The minimum atomic E-state index is 0.742. The van der Waals surface area contributed by atoms with Gasteiger partial charge < -0.3 is 4.74 Å². The van der Waals surface area contributed by atoms with Crippen LogP contribution in [0.3, 0.4) is 0 Å². The second kappa shape index (κ2) is 4.88. The molecule has 0 amide bonds. The van der Waals surface area contributed by atoms with Crippen LogP contribution in [-0.2, 0) is 0 Å². The van der Waals surface area contributed by atoms with Gasteiger partial charge in [-0.25, -0.2) is 0 Å². The van der Waals surface area contributed by atoms with Crippen LogP contribution >= 0.6 is 11.8 Å². The second-order valence-electron chi connectivity index (χ2n) is 2.47. The summed E-state index contributed by atoms with van der Waals surface area (Å²) in [7, 11) is 0. The van der Waals surface area contributed by atoms with E-state index < -0.39 is 0 Å². The molecule has 1 aromatic carbocycles. The van der Waals surface area contributed by atoms with Crippen molar-refractivity contribution in [3.05, 3.63) is 24.3 Å². The highest BCUT2D eigenvalue weighted by Gasteiger charge is 1.93. The summed E-state index contributed by atoms with van der Waals surface area (Å²) in [5, 5.41) is 0. The van der Waals surface area contributed by atoms with Crippen molar-refractivity contribution in [2.75, 3.05) is 11.4 Å². The molecule has 12 heavy (non-hydrogen) atoms. The molecule has 1 rings (SSSR count). The summed E-state index contributed by atoms with van der Waals surface area (Å²) in [6.07, 6.45) is 1.01. The van der Waals surface area contributed by atoms with Gasteiger partial charge in [-0.1, -0.05) is 13.0 Å². The molecule has 0 saturated carbocycles. The van der Waals surface area contributed by atoms with Crippen molar-refractivity contribution in [2.45, 2.75) is 13.3 Å². The zero-order chi connectivity index (χ0) is 8.81. The highest BCUT2D eigenvalue weighted by Crippen LogP contribution is 2.17. The van der Waals surface area contributed by atoms with Crippen LogP contribution in [0, 0.1) is 0 Å². The SMILES string of the molecule is CCCOc1cccc(NCl)c1. The molecular weight excluding hydrogens is 174 g/mol. The molecule has 0 aliphatic rings. The van der Waals surface area contributed by atoms with Crippen LogP contribution in [0.25, 0.3) is 0 Å². The first kappa shape index (κ1) is 9.20. The van der Waals surface area contributed by atoms with Crippen LogP contribution in [0.4, 0.5) is 5.69 Å². The predicted molar refractivity (Wildman–Crippen MR) is 51.7 cm³/mol. The van der Waals surface area contributed by atoms with Crippen LogP contribution in [0.15, 0.2) is 24.3 Å². The van der Waals surface area contributed by atoms with Crippen LogP contribution < -0.4 is 9.57 Å². The Morgan fingerprint density at radius 1 is 1.50 bits per heavy atom. The van der Waals surface area contributed by atoms with Gasteiger partial charge in [-0.3, -0.25) is 4.84 Å². The van der Waals surface area contributed by atoms with Gasteiger partial charge in [-0.15, -0.1) is 0 Å². The Morgan fingerprint density at radius 3 is 3.00 bits per heavy atom. The second-order valence-corrected chi connectivity index (χ2v) is 2.66. The molecular formula is C9H12ClNO. The van der Waals surface area contributed by atoms with E-state index >= 15 is 0 Å². The minimum Gasteiger partial charge on any atom is -0.494 e. The number of rotatable bonds is 4. The number of hydrogen-bond acceptors (Lipinski definition) is 2. The minimum absolute atomic E-state index is 0.742. The Kier molecular flexibility index (Phi) is 3.74. The normalized spacial score (nSPS) is 9.50. The summed E-state index contributed by atoms with van der Waals surface area (Å²) in [4.78, 5) is 2.54. The lowest BCUT2D eigenvalue weighted by Gasteiger charge is -2.05. The zero-order valence-corrected chi connectivity index (χ0v) is 7.77. The molecule has 0 aromatic heterocycles. The smallest absolute Gasteiger partial charge is 0.121 e. The molecule has 0 aliphatic carbocycles. The molecule has 1 N–H and O–H groups in total. The Bertz CT molecular complexity index is 240. The number of nitrogens with one attached hydrogen (secondary N) is 1. The molecule has 1 aromatic rings. The van der Waals surface area contributed by atoms with E-state index in [4.69, 9.17) is 16.5 Å². The van der Waals surface area contributed by atoms with Gasteiger partial charge in [0.1, 0.15) is 5.75 Å². The van der Waals surface area contributed by atoms with Crippen molar-refractivity contribution >= 4 is 17.5 Å². The third-order valence-corrected chi connectivity index (χ3v) is 1.63. The Morgan fingerprint density at radius 2 is 2.33 bits per heavy atom. The Hall–Kier alpha value is -0.890. The summed E-state index contributed by atoms with van der Waals surface area (Å²) in [5.74, 6) is 0.850. The van der Waals surface area contributed by atoms with Crippen molar-refractivity contribution in [3.63, 3.8) is 0 Å². The number of halogens is 1. The van der Waals surface area contributed by atoms with Crippen molar-refractivity contribution in [2.24, 2.45) is 0 Å². The largest absolute Gasteiger partial charge is 0.494 e. The summed E-state index contributed by atoms with van der Waals surface area (Å²) < 4.78 is 5.40. The highest BCUT2D eigenvalue weighted by molar-refractivity contribution is 6.23. The molecule has 0 heterocycles. The van der Waals surface area contributed by atoms with Crippen molar-refractivity contribution < 1.29 is 4.74 Å². The lowest BCUT2D eigenvalue weighted by atomic mass is 10.3. The molecule has 0 radical (unpaired) electrons. The van der Waals surface area contributed by atoms with E-state index in [1.165, 1.54) is 0 Å². The van der Waals surface area contributed by atoms with Crippen LogP contribution in [-0.4, -0.2) is 6.61 Å². The Balaban J connectivity index is 2.60. The molecule has 2 nitrogen and oxygen atoms in total. The molecule has 0 saturated heterocycles. The fourth-order valence-corrected chi connectivity index (χ4v) is 0.982. The third kappa shape index (κ3) is 2.62. The first-order valence-electron chi connectivity index (χ1n) is 3.96. The average molecular weight is 186 g/mol. The van der Waals surface area contributed by atoms with E-state index in [1.54, 1.807) is 0 Å². The summed E-state index contributed by atoms with van der Waals surface area (Å²) in [5.41, 5.74) is 0.852. The van der Waals surface area contributed by atoms with Crippen molar-refractivity contribution in [1.29, 1.82) is 0 Å². The maximum absolute atomic E-state index is 5.43. The zero-order valence-electron chi connectivity index (χ0n) is 7.01. The fraction of sp³-hybridized carbons (Fsp3) is 0.333. The maximum atomic E-state index is 5.43. The molecule has 0 fully saturated rings. The third-order valence-electron chi connectivity index (χ3n) is 1.42.